The molecule has 1 aromatic carbocycles. The van der Waals surface area contributed by atoms with Crippen molar-refractivity contribution in [1.82, 2.24) is 10.2 Å². The first-order valence-electron chi connectivity index (χ1n) is 7.61. The van der Waals surface area contributed by atoms with Gasteiger partial charge >= 0.3 is 0 Å². The molecule has 24 heavy (non-hydrogen) atoms. The summed E-state index contributed by atoms with van der Waals surface area (Å²) in [7, 11) is 0. The first-order chi connectivity index (χ1) is 11.6. The topological polar surface area (TPSA) is 80.9 Å². The van der Waals surface area contributed by atoms with E-state index in [1.54, 1.807) is 23.5 Å². The van der Waals surface area contributed by atoms with Crippen molar-refractivity contribution in [2.75, 3.05) is 5.32 Å². The number of primary amides is 1. The van der Waals surface area contributed by atoms with Crippen LogP contribution in [0, 0.1) is 6.92 Å². The second kappa shape index (κ2) is 7.23. The Morgan fingerprint density at radius 2 is 1.96 bits per heavy atom. The SMILES string of the molecule is Cc1ccsc1C(Cc1ccccc1)Nc1ccc(C(N)=O)nn1. The van der Waals surface area contributed by atoms with Crippen LogP contribution in [0.15, 0.2) is 53.9 Å². The average molecular weight is 338 g/mol. The third-order valence-electron chi connectivity index (χ3n) is 3.74. The first kappa shape index (κ1) is 16.1. The lowest BCUT2D eigenvalue weighted by molar-refractivity contribution is 0.0994. The molecule has 0 spiro atoms. The molecule has 0 aliphatic carbocycles. The molecule has 0 fully saturated rings. The number of carbonyl (C=O) groups excluding carboxylic acids is 1. The Balaban J connectivity index is 1.84. The highest BCUT2D eigenvalue weighted by atomic mass is 32.1. The summed E-state index contributed by atoms with van der Waals surface area (Å²) in [6.45, 7) is 2.10. The molecule has 3 N–H and O–H groups in total. The second-order valence-corrected chi connectivity index (χ2v) is 6.47. The number of aryl methyl sites for hydroxylation is 1. The van der Waals surface area contributed by atoms with Crippen molar-refractivity contribution in [1.29, 1.82) is 0 Å². The lowest BCUT2D eigenvalue weighted by Crippen LogP contribution is -2.17. The molecule has 0 bridgehead atoms. The normalized spacial score (nSPS) is 11.9. The molecule has 1 atom stereocenters. The van der Waals surface area contributed by atoms with Crippen LogP contribution in [0.2, 0.25) is 0 Å². The number of rotatable bonds is 6. The number of carbonyl (C=O) groups is 1. The zero-order chi connectivity index (χ0) is 16.9. The fraction of sp³-hybridized carbons (Fsp3) is 0.167. The number of amides is 1. The second-order valence-electron chi connectivity index (χ2n) is 5.52. The predicted molar refractivity (Wildman–Crippen MR) is 96.1 cm³/mol. The molecule has 0 radical (unpaired) electrons. The fourth-order valence-corrected chi connectivity index (χ4v) is 3.50. The summed E-state index contributed by atoms with van der Waals surface area (Å²) >= 11 is 1.72. The molecule has 1 amide bonds. The lowest BCUT2D eigenvalue weighted by atomic mass is 10.0. The van der Waals surface area contributed by atoms with Crippen molar-refractivity contribution in [2.45, 2.75) is 19.4 Å². The summed E-state index contributed by atoms with van der Waals surface area (Å²) < 4.78 is 0. The van der Waals surface area contributed by atoms with Crippen LogP contribution in [0.1, 0.15) is 32.5 Å². The van der Waals surface area contributed by atoms with Crippen LogP contribution in [0.4, 0.5) is 5.82 Å². The van der Waals surface area contributed by atoms with Gasteiger partial charge in [-0.3, -0.25) is 4.79 Å². The summed E-state index contributed by atoms with van der Waals surface area (Å²) in [5.74, 6) is 0.0396. The Morgan fingerprint density at radius 1 is 1.17 bits per heavy atom. The molecule has 3 aromatic rings. The van der Waals surface area contributed by atoms with E-state index in [4.69, 9.17) is 5.73 Å². The van der Waals surface area contributed by atoms with Gasteiger partial charge in [0.15, 0.2) is 5.69 Å². The van der Waals surface area contributed by atoms with E-state index in [1.165, 1.54) is 16.0 Å². The summed E-state index contributed by atoms with van der Waals surface area (Å²) in [6.07, 6.45) is 0.835. The molecule has 1 unspecified atom stereocenters. The third kappa shape index (κ3) is 3.78. The monoisotopic (exact) mass is 338 g/mol. The van der Waals surface area contributed by atoms with Gasteiger partial charge in [0.05, 0.1) is 6.04 Å². The molecular formula is C18H18N4OS. The number of benzene rings is 1. The van der Waals surface area contributed by atoms with Crippen LogP contribution in [-0.4, -0.2) is 16.1 Å². The van der Waals surface area contributed by atoms with Crippen LogP contribution in [-0.2, 0) is 6.42 Å². The Hall–Kier alpha value is -2.73. The fourth-order valence-electron chi connectivity index (χ4n) is 2.52. The van der Waals surface area contributed by atoms with Crippen LogP contribution in [0.5, 0.6) is 0 Å². The van der Waals surface area contributed by atoms with Crippen molar-refractivity contribution in [2.24, 2.45) is 5.73 Å². The molecular weight excluding hydrogens is 320 g/mol. The first-order valence-corrected chi connectivity index (χ1v) is 8.49. The van der Waals surface area contributed by atoms with Gasteiger partial charge in [-0.15, -0.1) is 21.5 Å². The van der Waals surface area contributed by atoms with Gasteiger partial charge in [0.2, 0.25) is 0 Å². The van der Waals surface area contributed by atoms with E-state index in [9.17, 15) is 4.79 Å². The molecule has 0 saturated carbocycles. The van der Waals surface area contributed by atoms with E-state index in [0.29, 0.717) is 5.82 Å². The van der Waals surface area contributed by atoms with Crippen molar-refractivity contribution in [3.8, 4) is 0 Å². The minimum absolute atomic E-state index is 0.0844. The van der Waals surface area contributed by atoms with Gasteiger partial charge < -0.3 is 11.1 Å². The summed E-state index contributed by atoms with van der Waals surface area (Å²) in [6, 6.07) is 15.8. The maximum atomic E-state index is 11.1. The van der Waals surface area contributed by atoms with E-state index in [-0.39, 0.29) is 11.7 Å². The maximum absolute atomic E-state index is 11.1. The third-order valence-corrected chi connectivity index (χ3v) is 4.87. The van der Waals surface area contributed by atoms with Gasteiger partial charge in [-0.25, -0.2) is 0 Å². The Labute approximate surface area is 144 Å². The molecule has 122 valence electrons. The molecule has 6 heteroatoms. The molecule has 2 heterocycles. The van der Waals surface area contributed by atoms with Crippen molar-refractivity contribution in [3.05, 3.63) is 75.6 Å². The van der Waals surface area contributed by atoms with E-state index >= 15 is 0 Å². The average Bonchev–Trinajstić information content (AvgIpc) is 3.02. The highest BCUT2D eigenvalue weighted by Crippen LogP contribution is 2.29. The largest absolute Gasteiger partial charge is 0.364 e. The Bertz CT molecular complexity index is 815. The number of thiophene rings is 1. The van der Waals surface area contributed by atoms with Crippen molar-refractivity contribution < 1.29 is 4.79 Å². The van der Waals surface area contributed by atoms with Gasteiger partial charge in [0.25, 0.3) is 5.91 Å². The molecule has 0 aliphatic rings. The number of nitrogens with zero attached hydrogens (tertiary/aromatic N) is 2. The van der Waals surface area contributed by atoms with Crippen molar-refractivity contribution >= 4 is 23.1 Å². The highest BCUT2D eigenvalue weighted by Gasteiger charge is 2.17. The van der Waals surface area contributed by atoms with E-state index in [0.717, 1.165) is 6.42 Å². The Kier molecular flexibility index (Phi) is 4.86. The van der Waals surface area contributed by atoms with E-state index in [1.807, 2.05) is 18.2 Å². The van der Waals surface area contributed by atoms with Crippen LogP contribution >= 0.6 is 11.3 Å². The molecule has 2 aromatic heterocycles. The summed E-state index contributed by atoms with van der Waals surface area (Å²) in [4.78, 5) is 12.4. The molecule has 5 nitrogen and oxygen atoms in total. The predicted octanol–water partition coefficient (Wildman–Crippen LogP) is 3.34. The number of aromatic nitrogens is 2. The van der Waals surface area contributed by atoms with Gasteiger partial charge in [0, 0.05) is 4.88 Å². The van der Waals surface area contributed by atoms with E-state index in [2.05, 4.69) is 46.0 Å². The number of hydrogen-bond donors (Lipinski definition) is 2. The number of hydrogen-bond acceptors (Lipinski definition) is 5. The maximum Gasteiger partial charge on any atom is 0.269 e. The van der Waals surface area contributed by atoms with Crippen molar-refractivity contribution in [3.63, 3.8) is 0 Å². The Morgan fingerprint density at radius 3 is 2.54 bits per heavy atom. The van der Waals surface area contributed by atoms with Crippen LogP contribution in [0.25, 0.3) is 0 Å². The van der Waals surface area contributed by atoms with E-state index < -0.39 is 5.91 Å². The molecule has 0 aliphatic heterocycles. The summed E-state index contributed by atoms with van der Waals surface area (Å²) in [5.41, 5.74) is 7.85. The van der Waals surface area contributed by atoms with Crippen LogP contribution < -0.4 is 11.1 Å². The minimum Gasteiger partial charge on any atom is -0.364 e. The standard InChI is InChI=1S/C18H18N4OS/c1-12-9-10-24-17(12)15(11-13-5-3-2-4-6-13)20-16-8-7-14(18(19)23)21-22-16/h2-10,15H,11H2,1H3,(H2,19,23)(H,20,22). The number of nitrogens with two attached hydrogens (primary N) is 1. The quantitative estimate of drug-likeness (QED) is 0.722. The minimum atomic E-state index is -0.580. The molecule has 3 rings (SSSR count). The van der Waals surface area contributed by atoms with Crippen LogP contribution in [0.3, 0.4) is 0 Å². The van der Waals surface area contributed by atoms with Gasteiger partial charge in [-0.2, -0.15) is 0 Å². The number of anilines is 1. The highest BCUT2D eigenvalue weighted by molar-refractivity contribution is 7.10. The zero-order valence-corrected chi connectivity index (χ0v) is 14.1. The van der Waals surface area contributed by atoms with Gasteiger partial charge in [0.1, 0.15) is 5.82 Å². The summed E-state index contributed by atoms with van der Waals surface area (Å²) in [5, 5.41) is 13.4. The lowest BCUT2D eigenvalue weighted by Gasteiger charge is -2.19. The molecule has 0 saturated heterocycles. The number of nitrogens with one attached hydrogen (secondary N) is 1. The van der Waals surface area contributed by atoms with Gasteiger partial charge in [-0.05, 0) is 48.1 Å². The zero-order valence-electron chi connectivity index (χ0n) is 13.3. The smallest absolute Gasteiger partial charge is 0.269 e. The van der Waals surface area contributed by atoms with Gasteiger partial charge in [-0.1, -0.05) is 30.3 Å².